The number of sulfone groups is 1. The number of fused-ring (bicyclic) bond motifs is 1. The van der Waals surface area contributed by atoms with Gasteiger partial charge < -0.3 is 14.2 Å². The van der Waals surface area contributed by atoms with Crippen molar-refractivity contribution in [3.63, 3.8) is 0 Å². The summed E-state index contributed by atoms with van der Waals surface area (Å²) in [5.74, 6) is -3.63. The highest BCUT2D eigenvalue weighted by atomic mass is 32.2. The summed E-state index contributed by atoms with van der Waals surface area (Å²) in [4.78, 5) is 17.6. The summed E-state index contributed by atoms with van der Waals surface area (Å²) >= 11 is 0. The fraction of sp³-hybridized carbons (Fsp3) is 0.550. The lowest BCUT2D eigenvalue weighted by molar-refractivity contribution is -0.189. The molecule has 2 aliphatic rings. The van der Waals surface area contributed by atoms with Crippen molar-refractivity contribution < 1.29 is 48.8 Å². The number of aromatic nitrogens is 2. The van der Waals surface area contributed by atoms with Crippen LogP contribution in [0.25, 0.3) is 0 Å². The van der Waals surface area contributed by atoms with Gasteiger partial charge >= 0.3 is 18.2 Å². The van der Waals surface area contributed by atoms with Crippen molar-refractivity contribution in [1.82, 2.24) is 15.0 Å². The largest absolute Gasteiger partial charge is 0.480 e. The van der Waals surface area contributed by atoms with Crippen LogP contribution in [0.3, 0.4) is 0 Å². The van der Waals surface area contributed by atoms with Crippen molar-refractivity contribution in [1.29, 1.82) is 0 Å². The van der Waals surface area contributed by atoms with Crippen LogP contribution in [-0.2, 0) is 21.4 Å². The Bertz CT molecular complexity index is 1260. The summed E-state index contributed by atoms with van der Waals surface area (Å²) in [6.45, 7) is 2.05. The lowest BCUT2D eigenvalue weighted by Gasteiger charge is -2.24. The van der Waals surface area contributed by atoms with Crippen molar-refractivity contribution in [2.45, 2.75) is 49.0 Å². The van der Waals surface area contributed by atoms with E-state index >= 15 is 0 Å². The SMILES string of the molecule is CCS(=O)(=O)c1ccc(OC(C)C(F)(F)F)c(C(=O)N2CC3CC3(c3noc(C(F)(F)F)n3)C2)c1. The number of carbonyl (C=O) groups is 1. The molecule has 1 saturated carbocycles. The van der Waals surface area contributed by atoms with Crippen LogP contribution in [0.1, 0.15) is 42.3 Å². The van der Waals surface area contributed by atoms with E-state index in [1.54, 1.807) is 0 Å². The van der Waals surface area contributed by atoms with E-state index < -0.39 is 56.8 Å². The van der Waals surface area contributed by atoms with Crippen LogP contribution in [0.4, 0.5) is 26.3 Å². The van der Waals surface area contributed by atoms with Gasteiger partial charge in [-0.05, 0) is 37.5 Å². The highest BCUT2D eigenvalue weighted by molar-refractivity contribution is 7.91. The van der Waals surface area contributed by atoms with Gasteiger partial charge in [0.25, 0.3) is 5.91 Å². The molecule has 2 fully saturated rings. The Balaban J connectivity index is 1.64. The lowest BCUT2D eigenvalue weighted by Crippen LogP contribution is -2.35. The first-order chi connectivity index (χ1) is 16.1. The van der Waals surface area contributed by atoms with E-state index in [0.717, 1.165) is 25.1 Å². The number of nitrogens with zero attached hydrogens (tertiary/aromatic N) is 3. The monoisotopic (exact) mass is 527 g/mol. The predicted octanol–water partition coefficient (Wildman–Crippen LogP) is 3.63. The fourth-order valence-corrected chi connectivity index (χ4v) is 5.00. The van der Waals surface area contributed by atoms with E-state index in [9.17, 15) is 39.6 Å². The first-order valence-corrected chi connectivity index (χ1v) is 12.0. The molecule has 0 spiro atoms. The second kappa shape index (κ2) is 8.10. The zero-order valence-corrected chi connectivity index (χ0v) is 19.1. The number of benzene rings is 1. The van der Waals surface area contributed by atoms with Gasteiger partial charge in [0.1, 0.15) is 5.75 Å². The van der Waals surface area contributed by atoms with Gasteiger partial charge in [0.05, 0.1) is 21.6 Å². The van der Waals surface area contributed by atoms with E-state index in [1.807, 2.05) is 0 Å². The van der Waals surface area contributed by atoms with Gasteiger partial charge in [0.2, 0.25) is 0 Å². The molecular formula is C20H19F6N3O5S. The smallest absolute Gasteiger partial charge is 0.471 e. The molecule has 4 rings (SSSR count). The van der Waals surface area contributed by atoms with Crippen molar-refractivity contribution in [2.75, 3.05) is 18.8 Å². The van der Waals surface area contributed by atoms with Gasteiger partial charge in [-0.2, -0.15) is 31.3 Å². The second-order valence-corrected chi connectivity index (χ2v) is 10.8. The van der Waals surface area contributed by atoms with E-state index in [-0.39, 0.29) is 35.5 Å². The van der Waals surface area contributed by atoms with Gasteiger partial charge in [0.15, 0.2) is 21.8 Å². The predicted molar refractivity (Wildman–Crippen MR) is 105 cm³/mol. The number of piperidine rings is 1. The molecule has 15 heteroatoms. The Labute approximate surface area is 195 Å². The molecule has 1 aromatic heterocycles. The maximum atomic E-state index is 13.3. The maximum absolute atomic E-state index is 13.3. The number of rotatable bonds is 6. The molecule has 3 unspecified atom stereocenters. The molecule has 0 bridgehead atoms. The fourth-order valence-electron chi connectivity index (χ4n) is 4.09. The standard InChI is InChI=1S/C20H19F6N3O5S/c1-3-35(31,32)12-4-5-14(33-10(2)19(21,22)23)13(6-12)15(30)29-8-11-7-18(11,9-29)16-27-17(34-28-16)20(24,25)26/h4-6,10-11H,3,7-9H2,1-2H3. The quantitative estimate of drug-likeness (QED) is 0.529. The van der Waals surface area contributed by atoms with Crippen molar-refractivity contribution >= 4 is 15.7 Å². The number of amides is 1. The highest BCUT2D eigenvalue weighted by Gasteiger charge is 2.65. The molecule has 8 nitrogen and oxygen atoms in total. The van der Waals surface area contributed by atoms with Crippen LogP contribution in [-0.4, -0.2) is 60.5 Å². The van der Waals surface area contributed by atoms with Crippen LogP contribution in [0.2, 0.25) is 0 Å². The third kappa shape index (κ3) is 4.57. The van der Waals surface area contributed by atoms with Crippen LogP contribution in [0, 0.1) is 5.92 Å². The first kappa shape index (κ1) is 25.3. The van der Waals surface area contributed by atoms with Crippen molar-refractivity contribution in [3.8, 4) is 5.75 Å². The first-order valence-electron chi connectivity index (χ1n) is 10.4. The van der Waals surface area contributed by atoms with Crippen LogP contribution >= 0.6 is 0 Å². The Hall–Kier alpha value is -2.84. The summed E-state index contributed by atoms with van der Waals surface area (Å²) < 4.78 is 112. The number of ether oxygens (including phenoxy) is 1. The molecule has 0 N–H and O–H groups in total. The number of carbonyl (C=O) groups excluding carboxylic acids is 1. The van der Waals surface area contributed by atoms with Crippen LogP contribution in [0.15, 0.2) is 27.6 Å². The van der Waals surface area contributed by atoms with Gasteiger partial charge in [-0.3, -0.25) is 4.79 Å². The summed E-state index contributed by atoms with van der Waals surface area (Å²) in [5.41, 5.74) is -1.38. The molecule has 1 amide bonds. The lowest BCUT2D eigenvalue weighted by atomic mass is 10.1. The zero-order chi connectivity index (χ0) is 26.0. The van der Waals surface area contributed by atoms with E-state index in [1.165, 1.54) is 11.8 Å². The molecule has 2 aromatic rings. The average molecular weight is 527 g/mol. The van der Waals surface area contributed by atoms with Crippen molar-refractivity contribution in [3.05, 3.63) is 35.5 Å². The molecule has 1 aromatic carbocycles. The van der Waals surface area contributed by atoms with Crippen LogP contribution in [0.5, 0.6) is 5.75 Å². The summed E-state index contributed by atoms with van der Waals surface area (Å²) in [6.07, 6.45) is -11.5. The molecule has 1 aliphatic carbocycles. The van der Waals surface area contributed by atoms with Crippen LogP contribution < -0.4 is 4.74 Å². The normalized spacial score (nSPS) is 23.2. The number of likely N-dealkylation sites (tertiary alicyclic amines) is 1. The van der Waals surface area contributed by atoms with Gasteiger partial charge in [0, 0.05) is 13.1 Å². The number of hydrogen-bond acceptors (Lipinski definition) is 7. The van der Waals surface area contributed by atoms with Gasteiger partial charge in [-0.1, -0.05) is 12.1 Å². The van der Waals surface area contributed by atoms with Gasteiger partial charge in [-0.15, -0.1) is 0 Å². The molecule has 1 saturated heterocycles. The zero-order valence-electron chi connectivity index (χ0n) is 18.3. The average Bonchev–Trinajstić information content (AvgIpc) is 3.13. The molecule has 0 radical (unpaired) electrons. The molecule has 2 heterocycles. The summed E-state index contributed by atoms with van der Waals surface area (Å²) in [6, 6.07) is 2.99. The second-order valence-electron chi connectivity index (χ2n) is 8.53. The molecular weight excluding hydrogens is 508 g/mol. The van der Waals surface area contributed by atoms with Gasteiger partial charge in [-0.25, -0.2) is 8.42 Å². The Kier molecular flexibility index (Phi) is 5.84. The minimum Gasteiger partial charge on any atom is -0.480 e. The number of halogens is 6. The Morgan fingerprint density at radius 1 is 1.29 bits per heavy atom. The van der Waals surface area contributed by atoms with Crippen molar-refractivity contribution in [2.24, 2.45) is 5.92 Å². The maximum Gasteiger partial charge on any atom is 0.471 e. The molecule has 35 heavy (non-hydrogen) atoms. The molecule has 1 aliphatic heterocycles. The minimum atomic E-state index is -4.84. The third-order valence-electron chi connectivity index (χ3n) is 6.23. The van der Waals surface area contributed by atoms with E-state index in [4.69, 9.17) is 4.74 Å². The topological polar surface area (TPSA) is 103 Å². The molecule has 192 valence electrons. The van der Waals surface area contributed by atoms with E-state index in [0.29, 0.717) is 6.42 Å². The number of alkyl halides is 6. The Morgan fingerprint density at radius 2 is 1.97 bits per heavy atom. The van der Waals surface area contributed by atoms with E-state index in [2.05, 4.69) is 14.7 Å². The Morgan fingerprint density at radius 3 is 2.54 bits per heavy atom. The summed E-state index contributed by atoms with van der Waals surface area (Å²) in [5, 5.41) is 3.41. The minimum absolute atomic E-state index is 0.0632. The number of hydrogen-bond donors (Lipinski definition) is 0. The summed E-state index contributed by atoms with van der Waals surface area (Å²) in [7, 11) is -3.81. The highest BCUT2D eigenvalue weighted by Crippen LogP contribution is 2.58. The third-order valence-corrected chi connectivity index (χ3v) is 7.96. The molecule has 3 atom stereocenters.